The quantitative estimate of drug-likeness (QED) is 0.871. The van der Waals surface area contributed by atoms with Gasteiger partial charge in [0, 0.05) is 0 Å². The highest BCUT2D eigenvalue weighted by Gasteiger charge is 2.18. The Bertz CT molecular complexity index is 793. The molecule has 2 rings (SSSR count). The number of rotatable bonds is 4. The molecule has 0 fully saturated rings. The van der Waals surface area contributed by atoms with Crippen molar-refractivity contribution in [2.24, 2.45) is 0 Å². The Balaban J connectivity index is 2.37. The minimum absolute atomic E-state index is 0.0939. The highest BCUT2D eigenvalue weighted by Crippen LogP contribution is 2.21. The Kier molecular flexibility index (Phi) is 4.24. The van der Waals surface area contributed by atoms with Crippen molar-refractivity contribution in [1.82, 2.24) is 0 Å². The normalized spacial score (nSPS) is 10.9. The minimum Gasteiger partial charge on any atom is -0.497 e. The smallest absolute Gasteiger partial charge is 0.182 e. The van der Waals surface area contributed by atoms with E-state index in [0.29, 0.717) is 5.75 Å². The fourth-order valence-electron chi connectivity index (χ4n) is 1.86. The summed E-state index contributed by atoms with van der Waals surface area (Å²) in [5.74, 6) is -0.466. The van der Waals surface area contributed by atoms with E-state index in [2.05, 4.69) is 0 Å². The maximum atomic E-state index is 13.2. The Hall–Kier alpha value is -2.39. The van der Waals surface area contributed by atoms with Gasteiger partial charge in [0.25, 0.3) is 0 Å². The monoisotopic (exact) mass is 305 g/mol. The van der Waals surface area contributed by atoms with E-state index in [4.69, 9.17) is 10.00 Å². The van der Waals surface area contributed by atoms with Crippen molar-refractivity contribution in [1.29, 1.82) is 5.26 Å². The topological polar surface area (TPSA) is 67.2 Å². The molecule has 2 aromatic rings. The summed E-state index contributed by atoms with van der Waals surface area (Å²) < 4.78 is 42.8. The average molecular weight is 305 g/mol. The number of nitrogens with zero attached hydrogens (tertiary/aromatic N) is 1. The fourth-order valence-corrected chi connectivity index (χ4v) is 3.23. The first kappa shape index (κ1) is 15.0. The molecule has 0 atom stereocenters. The van der Waals surface area contributed by atoms with E-state index in [1.54, 1.807) is 0 Å². The molecule has 2 aromatic carbocycles. The first-order chi connectivity index (χ1) is 9.96. The molecule has 0 spiro atoms. The third kappa shape index (κ3) is 3.38. The van der Waals surface area contributed by atoms with Gasteiger partial charge in [0.05, 0.1) is 29.4 Å². The van der Waals surface area contributed by atoms with Gasteiger partial charge >= 0.3 is 0 Å². The predicted molar refractivity (Wildman–Crippen MR) is 75.0 cm³/mol. The number of nitriles is 1. The molecular weight excluding hydrogens is 293 g/mol. The van der Waals surface area contributed by atoms with E-state index >= 15 is 0 Å². The lowest BCUT2D eigenvalue weighted by atomic mass is 10.1. The van der Waals surface area contributed by atoms with Crippen LogP contribution in [0.1, 0.15) is 11.1 Å². The van der Waals surface area contributed by atoms with Crippen molar-refractivity contribution in [2.45, 2.75) is 10.6 Å². The van der Waals surface area contributed by atoms with Crippen LogP contribution in [-0.2, 0) is 15.6 Å². The van der Waals surface area contributed by atoms with Crippen LogP contribution >= 0.6 is 0 Å². The van der Waals surface area contributed by atoms with Crippen LogP contribution in [0.15, 0.2) is 47.4 Å². The first-order valence-electron chi connectivity index (χ1n) is 6.01. The van der Waals surface area contributed by atoms with Crippen LogP contribution in [0.2, 0.25) is 0 Å². The highest BCUT2D eigenvalue weighted by molar-refractivity contribution is 7.90. The zero-order valence-electron chi connectivity index (χ0n) is 11.2. The maximum absolute atomic E-state index is 13.2. The molecule has 0 aliphatic carbocycles. The fraction of sp³-hybridized carbons (Fsp3) is 0.133. The van der Waals surface area contributed by atoms with Gasteiger partial charge in [0.1, 0.15) is 11.6 Å². The molecule has 0 saturated heterocycles. The number of sulfone groups is 1. The second kappa shape index (κ2) is 5.94. The third-order valence-corrected chi connectivity index (χ3v) is 4.63. The Morgan fingerprint density at radius 3 is 2.43 bits per heavy atom. The molecule has 0 amide bonds. The zero-order valence-corrected chi connectivity index (χ0v) is 12.0. The van der Waals surface area contributed by atoms with Crippen LogP contribution in [-0.4, -0.2) is 15.5 Å². The maximum Gasteiger partial charge on any atom is 0.182 e. The molecule has 0 aromatic heterocycles. The number of methoxy groups -OCH3 is 1. The zero-order chi connectivity index (χ0) is 15.5. The van der Waals surface area contributed by atoms with Crippen LogP contribution in [0.3, 0.4) is 0 Å². The van der Waals surface area contributed by atoms with Gasteiger partial charge in [0.2, 0.25) is 0 Å². The third-order valence-electron chi connectivity index (χ3n) is 2.95. The Morgan fingerprint density at radius 1 is 1.19 bits per heavy atom. The van der Waals surface area contributed by atoms with Crippen molar-refractivity contribution < 1.29 is 17.5 Å². The van der Waals surface area contributed by atoms with Gasteiger partial charge in [-0.25, -0.2) is 12.8 Å². The molecule has 6 heteroatoms. The summed E-state index contributed by atoms with van der Waals surface area (Å²) in [7, 11) is -2.18. The minimum atomic E-state index is -3.66. The predicted octanol–water partition coefficient (Wildman–Crippen LogP) is 2.68. The molecule has 0 saturated carbocycles. The molecule has 108 valence electrons. The van der Waals surface area contributed by atoms with Gasteiger partial charge in [-0.2, -0.15) is 5.26 Å². The number of hydrogen-bond donors (Lipinski definition) is 0. The van der Waals surface area contributed by atoms with Gasteiger partial charge in [0.15, 0.2) is 9.84 Å². The first-order valence-corrected chi connectivity index (χ1v) is 7.67. The molecule has 0 radical (unpaired) electrons. The van der Waals surface area contributed by atoms with Crippen LogP contribution in [0, 0.1) is 17.1 Å². The van der Waals surface area contributed by atoms with Crippen molar-refractivity contribution >= 4 is 9.84 Å². The van der Waals surface area contributed by atoms with Gasteiger partial charge < -0.3 is 4.74 Å². The molecule has 0 unspecified atom stereocenters. The molecule has 0 bridgehead atoms. The standard InChI is InChI=1S/C15H12FNO3S/c1-20-14-4-6-15(7-5-14)21(18,19)10-12-8-13(16)3-2-11(12)9-17/h2-8H,10H2,1H3. The Labute approximate surface area is 122 Å². The lowest BCUT2D eigenvalue weighted by Gasteiger charge is -2.07. The summed E-state index contributed by atoms with van der Waals surface area (Å²) in [4.78, 5) is 0.0939. The van der Waals surface area contributed by atoms with E-state index in [-0.39, 0.29) is 16.0 Å². The molecule has 4 nitrogen and oxygen atoms in total. The Morgan fingerprint density at radius 2 is 1.86 bits per heavy atom. The SMILES string of the molecule is COc1ccc(S(=O)(=O)Cc2cc(F)ccc2C#N)cc1. The number of ether oxygens (including phenoxy) is 1. The molecule has 0 aliphatic rings. The van der Waals surface area contributed by atoms with Crippen molar-refractivity contribution in [3.8, 4) is 11.8 Å². The van der Waals surface area contributed by atoms with Crippen molar-refractivity contribution in [2.75, 3.05) is 7.11 Å². The summed E-state index contributed by atoms with van der Waals surface area (Å²) in [6.07, 6.45) is 0. The second-order valence-electron chi connectivity index (χ2n) is 4.35. The van der Waals surface area contributed by atoms with Gasteiger partial charge in [-0.1, -0.05) is 0 Å². The highest BCUT2D eigenvalue weighted by atomic mass is 32.2. The lowest BCUT2D eigenvalue weighted by Crippen LogP contribution is -2.06. The summed E-state index contributed by atoms with van der Waals surface area (Å²) in [5, 5.41) is 8.96. The largest absolute Gasteiger partial charge is 0.497 e. The van der Waals surface area contributed by atoms with E-state index in [9.17, 15) is 12.8 Å². The van der Waals surface area contributed by atoms with E-state index < -0.39 is 21.4 Å². The summed E-state index contributed by atoms with van der Waals surface area (Å²) in [5.41, 5.74) is 0.293. The van der Waals surface area contributed by atoms with Gasteiger partial charge in [-0.05, 0) is 48.0 Å². The average Bonchev–Trinajstić information content (AvgIpc) is 2.47. The van der Waals surface area contributed by atoms with Gasteiger partial charge in [-0.15, -0.1) is 0 Å². The number of hydrogen-bond acceptors (Lipinski definition) is 4. The molecule has 0 N–H and O–H groups in total. The van der Waals surface area contributed by atoms with E-state index in [0.717, 1.165) is 12.1 Å². The van der Waals surface area contributed by atoms with E-state index in [1.165, 1.54) is 37.4 Å². The van der Waals surface area contributed by atoms with E-state index in [1.807, 2.05) is 6.07 Å². The summed E-state index contributed by atoms with van der Waals surface area (Å²) >= 11 is 0. The molecule has 21 heavy (non-hydrogen) atoms. The summed E-state index contributed by atoms with van der Waals surface area (Å²) in [6, 6.07) is 11.2. The van der Waals surface area contributed by atoms with Crippen LogP contribution < -0.4 is 4.74 Å². The van der Waals surface area contributed by atoms with Crippen molar-refractivity contribution in [3.05, 3.63) is 59.4 Å². The van der Waals surface area contributed by atoms with Crippen LogP contribution in [0.25, 0.3) is 0 Å². The van der Waals surface area contributed by atoms with Crippen LogP contribution in [0.4, 0.5) is 4.39 Å². The molecule has 0 aliphatic heterocycles. The van der Waals surface area contributed by atoms with Gasteiger partial charge in [-0.3, -0.25) is 0 Å². The van der Waals surface area contributed by atoms with Crippen molar-refractivity contribution in [3.63, 3.8) is 0 Å². The lowest BCUT2D eigenvalue weighted by molar-refractivity contribution is 0.414. The van der Waals surface area contributed by atoms with Crippen LogP contribution in [0.5, 0.6) is 5.75 Å². The summed E-state index contributed by atoms with van der Waals surface area (Å²) in [6.45, 7) is 0. The molecular formula is C15H12FNO3S. The number of benzene rings is 2. The second-order valence-corrected chi connectivity index (χ2v) is 6.34. The molecule has 0 heterocycles. The number of halogens is 1.